The lowest BCUT2D eigenvalue weighted by Crippen LogP contribution is -2.36. The molecule has 2 bridgehead atoms. The Bertz CT molecular complexity index is 1650. The highest BCUT2D eigenvalue weighted by molar-refractivity contribution is 7.47. The van der Waals surface area contributed by atoms with Gasteiger partial charge in [0.15, 0.2) is 42.4 Å². The topological polar surface area (TPSA) is 234 Å². The molecule has 0 amide bonds. The maximum atomic E-state index is 15.5. The molecule has 3 aliphatic rings. The van der Waals surface area contributed by atoms with Gasteiger partial charge < -0.3 is 20.1 Å². The van der Waals surface area contributed by atoms with Crippen molar-refractivity contribution in [2.75, 3.05) is 18.9 Å². The van der Waals surface area contributed by atoms with Gasteiger partial charge in [0.25, 0.3) is 5.56 Å². The van der Waals surface area contributed by atoms with Gasteiger partial charge in [-0.05, 0) is 0 Å². The van der Waals surface area contributed by atoms with Gasteiger partial charge in [-0.1, -0.05) is 0 Å². The van der Waals surface area contributed by atoms with Crippen LogP contribution in [0.3, 0.4) is 0 Å². The fourth-order valence-corrected chi connectivity index (χ4v) is 6.35. The van der Waals surface area contributed by atoms with E-state index in [4.69, 9.17) is 33.3 Å². The summed E-state index contributed by atoms with van der Waals surface area (Å²) in [5.74, 6) is 0.00746. The number of aromatic amines is 1. The summed E-state index contributed by atoms with van der Waals surface area (Å²) in [7, 11) is -8.28. The van der Waals surface area contributed by atoms with E-state index in [-0.39, 0.29) is 17.0 Å². The smallest absolute Gasteiger partial charge is 0.382 e. The molecule has 3 fully saturated rings. The number of hydrogen-bond acceptors (Lipinski definition) is 14. The van der Waals surface area contributed by atoms with E-state index in [1.54, 1.807) is 0 Å². The van der Waals surface area contributed by atoms with Crippen molar-refractivity contribution in [3.8, 4) is 0 Å². The number of phosphoric ester groups is 1. The van der Waals surface area contributed by atoms with E-state index in [0.717, 1.165) is 18.6 Å². The molecule has 0 radical (unpaired) electrons. The van der Waals surface area contributed by atoms with Crippen LogP contribution in [0, 0.1) is 0 Å². The predicted molar refractivity (Wildman–Crippen MR) is 128 cm³/mol. The van der Waals surface area contributed by atoms with Crippen LogP contribution >= 0.6 is 16.1 Å². The monoisotopic (exact) mass is 622 g/mol. The molecule has 0 aromatic carbocycles. The number of fused-ring (bicyclic) bond motifs is 4. The van der Waals surface area contributed by atoms with Crippen LogP contribution in [0.5, 0.6) is 0 Å². The molecule has 3 aromatic heterocycles. The van der Waals surface area contributed by atoms with Crippen molar-refractivity contribution < 1.29 is 50.4 Å². The number of imidazole rings is 1. The van der Waals surface area contributed by atoms with E-state index in [0.29, 0.717) is 4.57 Å². The number of aromatic nitrogens is 6. The summed E-state index contributed by atoms with van der Waals surface area (Å²) in [4.78, 5) is 47.9. The molecule has 6 heterocycles. The van der Waals surface area contributed by atoms with E-state index in [2.05, 4.69) is 15.0 Å². The Morgan fingerprint density at radius 2 is 1.85 bits per heavy atom. The number of nitrogens with two attached hydrogens (primary N) is 1. The normalized spacial score (nSPS) is 37.3. The molecule has 0 saturated carbocycles. The van der Waals surface area contributed by atoms with Crippen LogP contribution in [0.15, 0.2) is 34.5 Å². The lowest BCUT2D eigenvalue weighted by molar-refractivity contribution is -0.0636. The minimum absolute atomic E-state index is 0.00746. The molecule has 220 valence electrons. The van der Waals surface area contributed by atoms with Gasteiger partial charge in [-0.2, -0.15) is 0 Å². The second kappa shape index (κ2) is 10.6. The molecule has 0 aliphatic carbocycles. The predicted octanol–water partition coefficient (Wildman–Crippen LogP) is 0.00470. The van der Waals surface area contributed by atoms with Crippen molar-refractivity contribution in [2.24, 2.45) is 0 Å². The molecule has 18 nitrogen and oxygen atoms in total. The molecular formula is C19H20F2N7O11P2+. The Hall–Kier alpha value is -3.06. The maximum Gasteiger partial charge on any atom is 0.697 e. The minimum atomic E-state index is -5.14. The SMILES string of the molecule is Nc1ncnc2c1ncn2[C@@H]1O[C@@H]2CO[P+](=O)O[C@H]3[C@@H](F)[C@H](n4ccc(=O)[nH]c4=O)O[C@@H]3COP(=O)(O)O[C@@H]1[C@@H]2F. The van der Waals surface area contributed by atoms with E-state index >= 15 is 8.78 Å². The first-order chi connectivity index (χ1) is 19.5. The number of nitrogen functional groups attached to an aromatic ring is 1. The summed E-state index contributed by atoms with van der Waals surface area (Å²) in [5.41, 5.74) is 4.25. The zero-order valence-corrected chi connectivity index (χ0v) is 22.1. The molecule has 41 heavy (non-hydrogen) atoms. The second-order valence-corrected chi connectivity index (χ2v) is 11.4. The van der Waals surface area contributed by atoms with Gasteiger partial charge in [0.05, 0.1) is 12.9 Å². The third-order valence-corrected chi connectivity index (χ3v) is 8.29. The zero-order chi connectivity index (χ0) is 29.1. The van der Waals surface area contributed by atoms with Crippen molar-refractivity contribution >= 4 is 33.1 Å². The first kappa shape index (κ1) is 28.1. The summed E-state index contributed by atoms with van der Waals surface area (Å²) in [5, 5.41) is 0. The van der Waals surface area contributed by atoms with Crippen molar-refractivity contribution in [2.45, 2.75) is 49.2 Å². The molecule has 10 atom stereocenters. The van der Waals surface area contributed by atoms with Gasteiger partial charge in [-0.25, -0.2) is 33.1 Å². The van der Waals surface area contributed by atoms with Crippen LogP contribution in [0.2, 0.25) is 0 Å². The molecule has 3 aromatic rings. The number of phosphoric acid groups is 1. The Labute approximate surface area is 226 Å². The summed E-state index contributed by atoms with van der Waals surface area (Å²) < 4.78 is 90.0. The standard InChI is InChI=1S/C19H19F2N7O11P2/c20-10-7-3-34-40(31)38-13-8(37-17(11(13)21)27-2-1-9(29)26-19(27)30)4-35-41(32,33)39-14(10)18(36-7)28-6-25-12-15(22)23-5-24-16(12)28/h1-2,5-8,10-11,13-14,17-18H,3-4H2,(H3-,22,23,24,26,29,30,32,33)/p+1/t7-,8-,10-,11-,13-,14-,17-,18-/m1/s1. The van der Waals surface area contributed by atoms with E-state index in [1.807, 2.05) is 4.98 Å². The van der Waals surface area contributed by atoms with Crippen LogP contribution in [0.1, 0.15) is 12.5 Å². The number of anilines is 1. The maximum absolute atomic E-state index is 15.5. The number of hydrogen-bond donors (Lipinski definition) is 3. The summed E-state index contributed by atoms with van der Waals surface area (Å²) in [6.07, 6.45) is -10.9. The lowest BCUT2D eigenvalue weighted by atomic mass is 10.1. The van der Waals surface area contributed by atoms with Crippen molar-refractivity contribution in [1.82, 2.24) is 29.1 Å². The number of alkyl halides is 2. The van der Waals surface area contributed by atoms with Gasteiger partial charge in [0, 0.05) is 16.8 Å². The van der Waals surface area contributed by atoms with Gasteiger partial charge in [-0.3, -0.25) is 28.0 Å². The summed E-state index contributed by atoms with van der Waals surface area (Å²) in [6, 6.07) is 0.936. The van der Waals surface area contributed by atoms with E-state index < -0.39 is 89.8 Å². The number of rotatable bonds is 2. The van der Waals surface area contributed by atoms with E-state index in [1.165, 1.54) is 10.9 Å². The van der Waals surface area contributed by atoms with Crippen LogP contribution in [-0.2, 0) is 36.7 Å². The minimum Gasteiger partial charge on any atom is -0.382 e. The quantitative estimate of drug-likeness (QED) is 0.319. The Kier molecular flexibility index (Phi) is 7.29. The Morgan fingerprint density at radius 3 is 2.63 bits per heavy atom. The fraction of sp³-hybridized carbons (Fsp3) is 0.526. The number of nitrogens with one attached hydrogen (secondary N) is 1. The largest absolute Gasteiger partial charge is 0.697 e. The average molecular weight is 622 g/mol. The van der Waals surface area contributed by atoms with Crippen LogP contribution in [0.25, 0.3) is 11.2 Å². The number of ether oxygens (including phenoxy) is 2. The zero-order valence-electron chi connectivity index (χ0n) is 20.3. The van der Waals surface area contributed by atoms with Crippen molar-refractivity contribution in [3.63, 3.8) is 0 Å². The Balaban J connectivity index is 1.29. The molecular weight excluding hydrogens is 602 g/mol. The first-order valence-electron chi connectivity index (χ1n) is 11.8. The molecule has 0 spiro atoms. The average Bonchev–Trinajstić information content (AvgIpc) is 3.57. The van der Waals surface area contributed by atoms with Gasteiger partial charge in [0.1, 0.15) is 36.8 Å². The van der Waals surface area contributed by atoms with Crippen LogP contribution in [-0.4, -0.2) is 83.9 Å². The summed E-state index contributed by atoms with van der Waals surface area (Å²) in [6.45, 7) is -1.61. The van der Waals surface area contributed by atoms with Crippen LogP contribution in [0.4, 0.5) is 14.6 Å². The van der Waals surface area contributed by atoms with Crippen LogP contribution < -0.4 is 17.0 Å². The molecule has 3 aliphatic heterocycles. The highest BCUT2D eigenvalue weighted by Gasteiger charge is 2.56. The first-order valence-corrected chi connectivity index (χ1v) is 14.4. The molecule has 6 rings (SSSR count). The Morgan fingerprint density at radius 1 is 1.07 bits per heavy atom. The van der Waals surface area contributed by atoms with E-state index in [9.17, 15) is 23.6 Å². The number of halogens is 2. The number of H-pyrrole nitrogens is 1. The highest BCUT2D eigenvalue weighted by atomic mass is 31.2. The fourth-order valence-electron chi connectivity index (χ4n) is 4.64. The third-order valence-electron chi connectivity index (χ3n) is 6.53. The summed E-state index contributed by atoms with van der Waals surface area (Å²) >= 11 is 0. The third kappa shape index (κ3) is 5.22. The number of nitrogens with zero attached hydrogens (tertiary/aromatic N) is 5. The molecule has 2 unspecified atom stereocenters. The highest BCUT2D eigenvalue weighted by Crippen LogP contribution is 2.51. The molecule has 22 heteroatoms. The van der Waals surface area contributed by atoms with Crippen molar-refractivity contribution in [3.05, 3.63) is 45.8 Å². The van der Waals surface area contributed by atoms with Crippen molar-refractivity contribution in [1.29, 1.82) is 0 Å². The molecule has 3 saturated heterocycles. The van der Waals surface area contributed by atoms with Gasteiger partial charge in [-0.15, -0.1) is 9.05 Å². The second-order valence-electron chi connectivity index (χ2n) is 9.04. The molecule has 4 N–H and O–H groups in total. The lowest BCUT2D eigenvalue weighted by Gasteiger charge is -2.24. The van der Waals surface area contributed by atoms with Gasteiger partial charge in [0.2, 0.25) is 0 Å². The van der Waals surface area contributed by atoms with Gasteiger partial charge >= 0.3 is 21.8 Å².